The lowest BCUT2D eigenvalue weighted by atomic mass is 10.0. The fourth-order valence-electron chi connectivity index (χ4n) is 2.45. The summed E-state index contributed by atoms with van der Waals surface area (Å²) < 4.78 is 0. The first kappa shape index (κ1) is 12.0. The van der Waals surface area contributed by atoms with Crippen molar-refractivity contribution in [1.82, 2.24) is 10.2 Å². The van der Waals surface area contributed by atoms with Gasteiger partial charge in [-0.3, -0.25) is 0 Å². The van der Waals surface area contributed by atoms with Gasteiger partial charge in [0.2, 0.25) is 0 Å². The number of aliphatic hydroxyl groups is 1. The van der Waals surface area contributed by atoms with Crippen molar-refractivity contribution in [2.45, 2.75) is 32.2 Å². The Kier molecular flexibility index (Phi) is 5.45. The lowest BCUT2D eigenvalue weighted by Gasteiger charge is -2.25. The average molecular weight is 200 g/mol. The van der Waals surface area contributed by atoms with E-state index in [1.807, 2.05) is 0 Å². The average Bonchev–Trinajstić information content (AvgIpc) is 2.54. The van der Waals surface area contributed by atoms with Crippen molar-refractivity contribution in [2.24, 2.45) is 5.92 Å². The Morgan fingerprint density at radius 3 is 2.86 bits per heavy atom. The fraction of sp³-hybridized carbons (Fsp3) is 1.00. The molecule has 2 atom stereocenters. The van der Waals surface area contributed by atoms with Crippen molar-refractivity contribution >= 4 is 0 Å². The summed E-state index contributed by atoms with van der Waals surface area (Å²) in [6.45, 7) is 5.44. The highest BCUT2D eigenvalue weighted by Crippen LogP contribution is 2.26. The first-order valence-corrected chi connectivity index (χ1v) is 5.80. The van der Waals surface area contributed by atoms with Crippen LogP contribution < -0.4 is 5.32 Å². The number of hydrogen-bond acceptors (Lipinski definition) is 3. The summed E-state index contributed by atoms with van der Waals surface area (Å²) in [6, 6.07) is 0.709. The van der Waals surface area contributed by atoms with E-state index in [9.17, 15) is 0 Å². The van der Waals surface area contributed by atoms with E-state index in [1.165, 1.54) is 19.3 Å². The number of hydrogen-bond donors (Lipinski definition) is 2. The summed E-state index contributed by atoms with van der Waals surface area (Å²) in [5.41, 5.74) is 0. The van der Waals surface area contributed by atoms with E-state index < -0.39 is 0 Å². The van der Waals surface area contributed by atoms with Crippen molar-refractivity contribution in [1.29, 1.82) is 0 Å². The quantitative estimate of drug-likeness (QED) is 0.662. The second-order valence-electron chi connectivity index (χ2n) is 4.34. The number of aliphatic hydroxyl groups excluding tert-OH is 1. The molecule has 0 amide bonds. The van der Waals surface area contributed by atoms with E-state index in [1.54, 1.807) is 0 Å². The molecule has 0 heterocycles. The highest BCUT2D eigenvalue weighted by molar-refractivity contribution is 4.84. The van der Waals surface area contributed by atoms with Gasteiger partial charge in [-0.1, -0.05) is 13.3 Å². The SMILES string of the molecule is CCNC1CCCC1CN(C)CCO. The monoisotopic (exact) mass is 200 g/mol. The maximum absolute atomic E-state index is 8.82. The van der Waals surface area contributed by atoms with E-state index in [-0.39, 0.29) is 6.61 Å². The van der Waals surface area contributed by atoms with Crippen LogP contribution in [0.15, 0.2) is 0 Å². The molecule has 0 aromatic heterocycles. The molecule has 1 rings (SSSR count). The molecule has 84 valence electrons. The maximum Gasteiger partial charge on any atom is 0.0558 e. The van der Waals surface area contributed by atoms with Gasteiger partial charge in [-0.2, -0.15) is 0 Å². The second kappa shape index (κ2) is 6.38. The van der Waals surface area contributed by atoms with Crippen LogP contribution in [0.4, 0.5) is 0 Å². The van der Waals surface area contributed by atoms with E-state index in [0.29, 0.717) is 6.04 Å². The van der Waals surface area contributed by atoms with Crippen LogP contribution in [0, 0.1) is 5.92 Å². The molecular weight excluding hydrogens is 176 g/mol. The summed E-state index contributed by atoms with van der Waals surface area (Å²) in [5, 5.41) is 12.4. The van der Waals surface area contributed by atoms with E-state index in [2.05, 4.69) is 24.2 Å². The summed E-state index contributed by atoms with van der Waals surface area (Å²) >= 11 is 0. The molecule has 0 spiro atoms. The first-order chi connectivity index (χ1) is 6.77. The molecule has 3 nitrogen and oxygen atoms in total. The topological polar surface area (TPSA) is 35.5 Å². The fourth-order valence-corrected chi connectivity index (χ4v) is 2.45. The first-order valence-electron chi connectivity index (χ1n) is 5.80. The number of likely N-dealkylation sites (N-methyl/N-ethyl adjacent to an activating group) is 1. The van der Waals surface area contributed by atoms with Crippen molar-refractivity contribution in [3.8, 4) is 0 Å². The Morgan fingerprint density at radius 1 is 1.43 bits per heavy atom. The van der Waals surface area contributed by atoms with Crippen molar-refractivity contribution in [3.63, 3.8) is 0 Å². The summed E-state index contributed by atoms with van der Waals surface area (Å²) in [6.07, 6.45) is 4.02. The van der Waals surface area contributed by atoms with Gasteiger partial charge in [0, 0.05) is 19.1 Å². The van der Waals surface area contributed by atoms with Crippen LogP contribution in [-0.2, 0) is 0 Å². The highest BCUT2D eigenvalue weighted by Gasteiger charge is 2.26. The van der Waals surface area contributed by atoms with E-state index >= 15 is 0 Å². The molecule has 2 N–H and O–H groups in total. The molecule has 1 aliphatic rings. The Labute approximate surface area is 87.5 Å². The minimum atomic E-state index is 0.273. The van der Waals surface area contributed by atoms with Gasteiger partial charge in [0.15, 0.2) is 0 Å². The van der Waals surface area contributed by atoms with Crippen LogP contribution in [0.2, 0.25) is 0 Å². The minimum absolute atomic E-state index is 0.273. The van der Waals surface area contributed by atoms with Gasteiger partial charge >= 0.3 is 0 Å². The zero-order valence-corrected chi connectivity index (χ0v) is 9.50. The smallest absolute Gasteiger partial charge is 0.0558 e. The third-order valence-corrected chi connectivity index (χ3v) is 3.15. The van der Waals surface area contributed by atoms with Crippen LogP contribution in [0.1, 0.15) is 26.2 Å². The van der Waals surface area contributed by atoms with Gasteiger partial charge in [-0.05, 0) is 32.4 Å². The van der Waals surface area contributed by atoms with Crippen LogP contribution in [0.25, 0.3) is 0 Å². The largest absolute Gasteiger partial charge is 0.395 e. The summed E-state index contributed by atoms with van der Waals surface area (Å²) in [7, 11) is 2.09. The molecular formula is C11H24N2O. The molecule has 3 heteroatoms. The molecule has 2 unspecified atom stereocenters. The molecule has 0 saturated heterocycles. The lowest BCUT2D eigenvalue weighted by Crippen LogP contribution is -2.38. The number of rotatable bonds is 6. The predicted octanol–water partition coefficient (Wildman–Crippen LogP) is 0.689. The van der Waals surface area contributed by atoms with E-state index in [4.69, 9.17) is 5.11 Å². The Balaban J connectivity index is 2.27. The number of nitrogens with zero attached hydrogens (tertiary/aromatic N) is 1. The molecule has 1 fully saturated rings. The normalized spacial score (nSPS) is 27.4. The Bertz CT molecular complexity index is 152. The van der Waals surface area contributed by atoms with Gasteiger partial charge in [0.05, 0.1) is 6.61 Å². The van der Waals surface area contributed by atoms with Gasteiger partial charge in [-0.25, -0.2) is 0 Å². The molecule has 14 heavy (non-hydrogen) atoms. The van der Waals surface area contributed by atoms with Crippen LogP contribution in [-0.4, -0.2) is 49.3 Å². The molecule has 0 aromatic carbocycles. The maximum atomic E-state index is 8.82. The molecule has 0 bridgehead atoms. The van der Waals surface area contributed by atoms with Gasteiger partial charge in [0.25, 0.3) is 0 Å². The zero-order valence-electron chi connectivity index (χ0n) is 9.50. The predicted molar refractivity (Wildman–Crippen MR) is 59.4 cm³/mol. The zero-order chi connectivity index (χ0) is 10.4. The van der Waals surface area contributed by atoms with Gasteiger partial charge in [0.1, 0.15) is 0 Å². The summed E-state index contributed by atoms with van der Waals surface area (Å²) in [4.78, 5) is 2.24. The van der Waals surface area contributed by atoms with Crippen molar-refractivity contribution < 1.29 is 5.11 Å². The molecule has 0 aliphatic heterocycles. The third-order valence-electron chi connectivity index (χ3n) is 3.15. The van der Waals surface area contributed by atoms with Crippen molar-refractivity contribution in [2.75, 3.05) is 33.3 Å². The van der Waals surface area contributed by atoms with Crippen LogP contribution in [0.3, 0.4) is 0 Å². The Hall–Kier alpha value is -0.120. The Morgan fingerprint density at radius 2 is 2.21 bits per heavy atom. The van der Waals surface area contributed by atoms with Crippen LogP contribution in [0.5, 0.6) is 0 Å². The van der Waals surface area contributed by atoms with Crippen LogP contribution >= 0.6 is 0 Å². The summed E-state index contributed by atoms with van der Waals surface area (Å²) in [5.74, 6) is 0.784. The van der Waals surface area contributed by atoms with Gasteiger partial charge < -0.3 is 15.3 Å². The van der Waals surface area contributed by atoms with Gasteiger partial charge in [-0.15, -0.1) is 0 Å². The highest BCUT2D eigenvalue weighted by atomic mass is 16.3. The lowest BCUT2D eigenvalue weighted by molar-refractivity contribution is 0.193. The van der Waals surface area contributed by atoms with Crippen molar-refractivity contribution in [3.05, 3.63) is 0 Å². The molecule has 0 aromatic rings. The standard InChI is InChI=1S/C11H24N2O/c1-3-12-11-6-4-5-10(11)9-13(2)7-8-14/h10-12,14H,3-9H2,1-2H3. The molecule has 1 saturated carbocycles. The third kappa shape index (κ3) is 3.56. The second-order valence-corrected chi connectivity index (χ2v) is 4.34. The molecule has 1 aliphatic carbocycles. The molecule has 0 radical (unpaired) electrons. The van der Waals surface area contributed by atoms with E-state index in [0.717, 1.165) is 25.6 Å². The minimum Gasteiger partial charge on any atom is -0.395 e. The number of nitrogens with one attached hydrogen (secondary N) is 1.